The van der Waals surface area contributed by atoms with Gasteiger partial charge in [-0.2, -0.15) is 0 Å². The van der Waals surface area contributed by atoms with Crippen LogP contribution in [0.1, 0.15) is 50.8 Å². The predicted octanol–water partition coefficient (Wildman–Crippen LogP) is 3.50. The van der Waals surface area contributed by atoms with E-state index in [1.807, 2.05) is 37.8 Å². The number of ether oxygens (including phenoxy) is 1. The van der Waals surface area contributed by atoms with Crippen LogP contribution in [-0.2, 0) is 16.0 Å². The maximum Gasteiger partial charge on any atom is 0.410 e. The van der Waals surface area contributed by atoms with Gasteiger partial charge in [0, 0.05) is 18.4 Å². The molecular weight excluding hydrogens is 278 g/mol. The van der Waals surface area contributed by atoms with E-state index in [-0.39, 0.29) is 17.6 Å². The minimum atomic E-state index is -0.509. The van der Waals surface area contributed by atoms with Crippen LogP contribution < -0.4 is 0 Å². The Morgan fingerprint density at radius 3 is 2.82 bits per heavy atom. The molecule has 0 saturated carbocycles. The molecule has 0 N–H and O–H groups in total. The van der Waals surface area contributed by atoms with E-state index < -0.39 is 5.60 Å². The second-order valence-electron chi connectivity index (χ2n) is 7.44. The lowest BCUT2D eigenvalue weighted by molar-refractivity contribution is -0.110. The Kier molecular flexibility index (Phi) is 3.50. The molecule has 1 saturated heterocycles. The second-order valence-corrected chi connectivity index (χ2v) is 7.44. The Bertz CT molecular complexity index is 605. The molecule has 4 nitrogen and oxygen atoms in total. The first kappa shape index (κ1) is 15.1. The Labute approximate surface area is 131 Å². The maximum absolute atomic E-state index is 12.6. The van der Waals surface area contributed by atoms with Crippen LogP contribution in [0.5, 0.6) is 0 Å². The average Bonchev–Trinajstić information content (AvgIpc) is 2.90. The number of likely N-dealkylation sites (tertiary alicyclic amines) is 1. The maximum atomic E-state index is 12.6. The van der Waals surface area contributed by atoms with Gasteiger partial charge in [-0.05, 0) is 44.7 Å². The molecule has 0 aromatic heterocycles. The number of amides is 1. The van der Waals surface area contributed by atoms with Gasteiger partial charge in [-0.25, -0.2) is 4.79 Å². The fourth-order valence-electron chi connectivity index (χ4n) is 3.93. The van der Waals surface area contributed by atoms with E-state index in [0.717, 1.165) is 19.1 Å². The Morgan fingerprint density at radius 2 is 2.14 bits per heavy atom. The summed E-state index contributed by atoms with van der Waals surface area (Å²) in [6, 6.07) is 8.17. The van der Waals surface area contributed by atoms with Crippen LogP contribution in [0.2, 0.25) is 0 Å². The van der Waals surface area contributed by atoms with Crippen LogP contribution in [0.3, 0.4) is 0 Å². The van der Waals surface area contributed by atoms with Crippen molar-refractivity contribution in [1.82, 2.24) is 4.90 Å². The van der Waals surface area contributed by atoms with Gasteiger partial charge in [0.25, 0.3) is 0 Å². The standard InChI is InChI=1S/C18H23NO3/c1-17(2,3)22-16(21)19-10-8-18(9-11-20)12-13-6-4-5-7-14(13)15(18)19/h4-7,11,15H,8-10,12H2,1-3H3. The molecule has 1 fully saturated rings. The Balaban J connectivity index is 1.95. The van der Waals surface area contributed by atoms with Gasteiger partial charge in [0.05, 0.1) is 6.04 Å². The molecule has 0 radical (unpaired) electrons. The lowest BCUT2D eigenvalue weighted by atomic mass is 9.78. The average molecular weight is 301 g/mol. The van der Waals surface area contributed by atoms with Crippen LogP contribution in [0.25, 0.3) is 0 Å². The summed E-state index contributed by atoms with van der Waals surface area (Å²) < 4.78 is 5.57. The monoisotopic (exact) mass is 301 g/mol. The van der Waals surface area contributed by atoms with Gasteiger partial charge in [0.1, 0.15) is 11.9 Å². The summed E-state index contributed by atoms with van der Waals surface area (Å²) in [4.78, 5) is 25.6. The van der Waals surface area contributed by atoms with Gasteiger partial charge in [-0.15, -0.1) is 0 Å². The zero-order valence-corrected chi connectivity index (χ0v) is 13.5. The van der Waals surface area contributed by atoms with Crippen molar-refractivity contribution in [3.05, 3.63) is 35.4 Å². The third-order valence-electron chi connectivity index (χ3n) is 4.75. The van der Waals surface area contributed by atoms with Gasteiger partial charge in [0.2, 0.25) is 0 Å². The van der Waals surface area contributed by atoms with Crippen LogP contribution in [0.15, 0.2) is 24.3 Å². The molecule has 2 unspecified atom stereocenters. The summed E-state index contributed by atoms with van der Waals surface area (Å²) in [7, 11) is 0. The van der Waals surface area contributed by atoms with E-state index >= 15 is 0 Å². The lowest BCUT2D eigenvalue weighted by Gasteiger charge is -2.33. The number of rotatable bonds is 2. The zero-order chi connectivity index (χ0) is 16.0. The molecule has 1 aliphatic heterocycles. The van der Waals surface area contributed by atoms with Crippen LogP contribution in [0.4, 0.5) is 4.79 Å². The number of hydrogen-bond donors (Lipinski definition) is 0. The quantitative estimate of drug-likeness (QED) is 0.785. The van der Waals surface area contributed by atoms with Crippen molar-refractivity contribution < 1.29 is 14.3 Å². The smallest absolute Gasteiger partial charge is 0.410 e. The number of aldehydes is 1. The van der Waals surface area contributed by atoms with Gasteiger partial charge >= 0.3 is 6.09 Å². The summed E-state index contributed by atoms with van der Waals surface area (Å²) in [5, 5.41) is 0. The predicted molar refractivity (Wildman–Crippen MR) is 83.6 cm³/mol. The molecular formula is C18H23NO3. The molecule has 2 aliphatic rings. The van der Waals surface area contributed by atoms with Gasteiger partial charge < -0.3 is 14.4 Å². The van der Waals surface area contributed by atoms with Crippen molar-refractivity contribution in [1.29, 1.82) is 0 Å². The fraction of sp³-hybridized carbons (Fsp3) is 0.556. The topological polar surface area (TPSA) is 46.6 Å². The molecule has 3 rings (SSSR count). The highest BCUT2D eigenvalue weighted by Crippen LogP contribution is 2.57. The first-order valence-electron chi connectivity index (χ1n) is 7.87. The second kappa shape index (κ2) is 5.11. The summed E-state index contributed by atoms with van der Waals surface area (Å²) in [5.74, 6) is 0. The van der Waals surface area contributed by atoms with Crippen molar-refractivity contribution in [3.8, 4) is 0 Å². The van der Waals surface area contributed by atoms with E-state index in [1.165, 1.54) is 11.1 Å². The van der Waals surface area contributed by atoms with Crippen molar-refractivity contribution in [2.45, 2.75) is 51.7 Å². The van der Waals surface area contributed by atoms with Crippen molar-refractivity contribution >= 4 is 12.4 Å². The number of nitrogens with zero attached hydrogens (tertiary/aromatic N) is 1. The van der Waals surface area contributed by atoms with Gasteiger partial charge in [-0.1, -0.05) is 24.3 Å². The lowest BCUT2D eigenvalue weighted by Crippen LogP contribution is -2.38. The zero-order valence-electron chi connectivity index (χ0n) is 13.5. The van der Waals surface area contributed by atoms with E-state index in [2.05, 4.69) is 12.1 Å². The molecule has 1 aromatic rings. The van der Waals surface area contributed by atoms with Crippen LogP contribution in [0, 0.1) is 5.41 Å². The molecule has 0 spiro atoms. The molecule has 0 bridgehead atoms. The highest BCUT2D eigenvalue weighted by Gasteiger charge is 2.54. The minimum absolute atomic E-state index is 0.0382. The highest BCUT2D eigenvalue weighted by atomic mass is 16.6. The third kappa shape index (κ3) is 2.40. The number of carbonyl (C=O) groups excluding carboxylic acids is 2. The first-order valence-corrected chi connectivity index (χ1v) is 7.87. The fourth-order valence-corrected chi connectivity index (χ4v) is 3.93. The van der Waals surface area contributed by atoms with E-state index in [0.29, 0.717) is 13.0 Å². The van der Waals surface area contributed by atoms with Crippen LogP contribution in [-0.4, -0.2) is 29.4 Å². The molecule has 118 valence electrons. The Morgan fingerprint density at radius 1 is 1.41 bits per heavy atom. The van der Waals surface area contributed by atoms with E-state index in [9.17, 15) is 9.59 Å². The van der Waals surface area contributed by atoms with E-state index in [1.54, 1.807) is 0 Å². The SMILES string of the molecule is CC(C)(C)OC(=O)N1CCC2(CC=O)Cc3ccccc3C12. The number of carbonyl (C=O) groups is 2. The van der Waals surface area contributed by atoms with Gasteiger partial charge in [-0.3, -0.25) is 0 Å². The first-order chi connectivity index (χ1) is 10.4. The third-order valence-corrected chi connectivity index (χ3v) is 4.75. The summed E-state index contributed by atoms with van der Waals surface area (Å²) >= 11 is 0. The summed E-state index contributed by atoms with van der Waals surface area (Å²) in [6.07, 6.45) is 2.93. The largest absolute Gasteiger partial charge is 0.444 e. The number of benzene rings is 1. The number of hydrogen-bond acceptors (Lipinski definition) is 3. The Hall–Kier alpha value is -1.84. The molecule has 4 heteroatoms. The molecule has 22 heavy (non-hydrogen) atoms. The summed E-state index contributed by atoms with van der Waals surface area (Å²) in [5.41, 5.74) is 1.77. The normalized spacial score (nSPS) is 26.5. The molecule has 2 atom stereocenters. The van der Waals surface area contributed by atoms with Crippen molar-refractivity contribution in [2.75, 3.05) is 6.54 Å². The van der Waals surface area contributed by atoms with E-state index in [4.69, 9.17) is 4.74 Å². The molecule has 1 heterocycles. The minimum Gasteiger partial charge on any atom is -0.444 e. The highest BCUT2D eigenvalue weighted by molar-refractivity contribution is 5.71. The van der Waals surface area contributed by atoms with Crippen molar-refractivity contribution in [3.63, 3.8) is 0 Å². The van der Waals surface area contributed by atoms with Crippen LogP contribution >= 0.6 is 0 Å². The molecule has 1 amide bonds. The molecule has 1 aromatic carbocycles. The molecule has 1 aliphatic carbocycles. The van der Waals surface area contributed by atoms with Gasteiger partial charge in [0.15, 0.2) is 0 Å². The van der Waals surface area contributed by atoms with Crippen molar-refractivity contribution in [2.24, 2.45) is 5.41 Å². The summed E-state index contributed by atoms with van der Waals surface area (Å²) in [6.45, 7) is 6.29. The number of fused-ring (bicyclic) bond motifs is 3.